The normalized spacial score (nSPS) is 12.5. The third-order valence-electron chi connectivity index (χ3n) is 6.22. The molecule has 0 unspecified atom stereocenters. The molecule has 0 aliphatic rings. The summed E-state index contributed by atoms with van der Waals surface area (Å²) in [6.07, 6.45) is 1.20. The van der Waals surface area contributed by atoms with E-state index in [2.05, 4.69) is 26.9 Å². The average molecular weight is 587 g/mol. The van der Waals surface area contributed by atoms with Crippen LogP contribution in [0.25, 0.3) is 16.3 Å². The molecule has 3 aromatic carbocycles. The molecule has 0 bridgehead atoms. The number of halogens is 1. The highest BCUT2D eigenvalue weighted by Gasteiger charge is 2.25. The number of nitrogens with zero attached hydrogens (tertiary/aromatic N) is 3. The maximum absolute atomic E-state index is 15.7. The molecule has 0 fully saturated rings. The zero-order valence-electron chi connectivity index (χ0n) is 25.0. The molecule has 10 nitrogen and oxygen atoms in total. The highest BCUT2D eigenvalue weighted by Crippen LogP contribution is 2.33. The number of benzene rings is 3. The molecular weight excluding hydrogens is 551 g/mol. The molecule has 0 aromatic heterocycles. The Kier molecular flexibility index (Phi) is 10.6. The fourth-order valence-electron chi connectivity index (χ4n) is 4.56. The van der Waals surface area contributed by atoms with Gasteiger partial charge in [0.1, 0.15) is 23.2 Å². The highest BCUT2D eigenvalue weighted by atomic mass is 19.1. The van der Waals surface area contributed by atoms with Crippen LogP contribution in [0.1, 0.15) is 60.3 Å². The lowest BCUT2D eigenvalue weighted by molar-refractivity contribution is 0.0536. The Morgan fingerprint density at radius 3 is 2.51 bits per heavy atom. The Bertz CT molecular complexity index is 1670. The van der Waals surface area contributed by atoms with Crippen molar-refractivity contribution in [3.05, 3.63) is 82.3 Å². The monoisotopic (exact) mass is 586 g/mol. The molecule has 3 rings (SSSR count). The first-order valence-electron chi connectivity index (χ1n) is 13.5. The Morgan fingerprint density at radius 2 is 1.93 bits per heavy atom. The van der Waals surface area contributed by atoms with Crippen LogP contribution in [0.2, 0.25) is 0 Å². The lowest BCUT2D eigenvalue weighted by atomic mass is 9.88. The minimum atomic E-state index is -0.725. The van der Waals surface area contributed by atoms with Crippen molar-refractivity contribution in [3.63, 3.8) is 0 Å². The predicted octanol–water partition coefficient (Wildman–Crippen LogP) is 4.93. The first kappa shape index (κ1) is 32.3. The van der Waals surface area contributed by atoms with Crippen LogP contribution in [-0.4, -0.2) is 56.7 Å². The van der Waals surface area contributed by atoms with Gasteiger partial charge in [-0.1, -0.05) is 24.3 Å². The topological polar surface area (TPSA) is 151 Å². The van der Waals surface area contributed by atoms with Crippen LogP contribution in [0.4, 0.5) is 9.18 Å². The third kappa shape index (κ3) is 7.35. The van der Waals surface area contributed by atoms with Gasteiger partial charge in [0.15, 0.2) is 6.29 Å². The molecule has 0 saturated carbocycles. The van der Waals surface area contributed by atoms with E-state index in [1.165, 1.54) is 19.3 Å². The van der Waals surface area contributed by atoms with Crippen molar-refractivity contribution in [1.82, 2.24) is 10.7 Å². The highest BCUT2D eigenvalue weighted by molar-refractivity contribution is 6.33. The van der Waals surface area contributed by atoms with Gasteiger partial charge in [0.05, 0.1) is 41.3 Å². The smallest absolute Gasteiger partial charge is 0.407 e. The number of hydrazone groups is 1. The zero-order valence-corrected chi connectivity index (χ0v) is 25.0. The maximum Gasteiger partial charge on any atom is 0.407 e. The summed E-state index contributed by atoms with van der Waals surface area (Å²) in [5.41, 5.74) is 9.75. The van der Waals surface area contributed by atoms with E-state index in [1.54, 1.807) is 71.1 Å². The van der Waals surface area contributed by atoms with Crippen LogP contribution >= 0.6 is 0 Å². The Hall–Kier alpha value is -5.24. The second-order valence-corrected chi connectivity index (χ2v) is 10.2. The molecule has 224 valence electrons. The van der Waals surface area contributed by atoms with Gasteiger partial charge in [-0.15, -0.1) is 0 Å². The van der Waals surface area contributed by atoms with Gasteiger partial charge in [0.2, 0.25) is 0 Å². The average Bonchev–Trinajstić information content (AvgIpc) is 2.96. The predicted molar refractivity (Wildman–Crippen MR) is 166 cm³/mol. The van der Waals surface area contributed by atoms with Crippen molar-refractivity contribution in [2.75, 3.05) is 27.2 Å². The number of aldehydes is 1. The molecule has 0 radical (unpaired) electrons. The molecule has 0 aliphatic carbocycles. The fourth-order valence-corrected chi connectivity index (χ4v) is 4.56. The molecule has 0 atom stereocenters. The Balaban J connectivity index is 2.23. The summed E-state index contributed by atoms with van der Waals surface area (Å²) in [6, 6.07) is 13.7. The van der Waals surface area contributed by atoms with E-state index in [4.69, 9.17) is 15.2 Å². The summed E-state index contributed by atoms with van der Waals surface area (Å²) >= 11 is 0. The number of hydrogen-bond donors (Lipinski definition) is 3. The fraction of sp³-hybridized carbons (Fsp3) is 0.281. The molecule has 0 saturated heterocycles. The van der Waals surface area contributed by atoms with E-state index >= 15 is 4.39 Å². The zero-order chi connectivity index (χ0) is 31.7. The molecule has 11 heteroatoms. The second kappa shape index (κ2) is 14.1. The summed E-state index contributed by atoms with van der Waals surface area (Å²) in [5.74, 6) is -0.440. The van der Waals surface area contributed by atoms with Gasteiger partial charge in [-0.05, 0) is 56.8 Å². The van der Waals surface area contributed by atoms with Gasteiger partial charge in [0.25, 0.3) is 0 Å². The number of allylic oxidation sites excluding steroid dienone is 1. The number of hydrogen-bond acceptors (Lipinski definition) is 9. The first-order valence-corrected chi connectivity index (χ1v) is 13.5. The summed E-state index contributed by atoms with van der Waals surface area (Å²) < 4.78 is 26.8. The van der Waals surface area contributed by atoms with E-state index < -0.39 is 17.5 Å². The maximum atomic E-state index is 15.7. The van der Waals surface area contributed by atoms with E-state index in [-0.39, 0.29) is 52.6 Å². The Morgan fingerprint density at radius 1 is 1.21 bits per heavy atom. The number of alkyl carbamates (subject to hydrolysis) is 1. The van der Waals surface area contributed by atoms with E-state index in [0.717, 1.165) is 0 Å². The lowest BCUT2D eigenvalue weighted by Crippen LogP contribution is -2.36. The van der Waals surface area contributed by atoms with Crippen LogP contribution < -0.4 is 21.2 Å². The van der Waals surface area contributed by atoms with E-state index in [9.17, 15) is 14.9 Å². The molecule has 43 heavy (non-hydrogen) atoms. The van der Waals surface area contributed by atoms with Crippen molar-refractivity contribution < 1.29 is 23.5 Å². The minimum Gasteiger partial charge on any atom is -0.493 e. The Labute approximate surface area is 250 Å². The number of fused-ring (bicyclic) bond motifs is 1. The SMILES string of the molecule is CCOc1cc(/C(=C/N)C(=NC)c2c(F)cc3ccccc3c2C#N)cc(/C(CNC(=O)OC(C)(C)C)=N\NC)c1C=O. The number of amides is 1. The van der Waals surface area contributed by atoms with Crippen LogP contribution in [-0.2, 0) is 4.74 Å². The molecule has 4 N–H and O–H groups in total. The first-order chi connectivity index (χ1) is 20.5. The van der Waals surface area contributed by atoms with Gasteiger partial charge in [-0.2, -0.15) is 10.4 Å². The number of rotatable bonds is 10. The van der Waals surface area contributed by atoms with E-state index in [1.807, 2.05) is 0 Å². The number of nitrogens with one attached hydrogen (secondary N) is 2. The number of ether oxygens (including phenoxy) is 2. The molecular formula is C32H35FN6O4. The van der Waals surface area contributed by atoms with Crippen molar-refractivity contribution >= 4 is 40.1 Å². The number of aliphatic imine (C=N–C) groups is 1. The van der Waals surface area contributed by atoms with Crippen molar-refractivity contribution in [2.24, 2.45) is 15.8 Å². The van der Waals surface area contributed by atoms with Crippen LogP contribution in [0, 0.1) is 17.1 Å². The van der Waals surface area contributed by atoms with Crippen molar-refractivity contribution in [1.29, 1.82) is 5.26 Å². The number of nitriles is 1. The van der Waals surface area contributed by atoms with Gasteiger partial charge >= 0.3 is 6.09 Å². The molecule has 3 aromatic rings. The quantitative estimate of drug-likeness (QED) is 0.173. The lowest BCUT2D eigenvalue weighted by Gasteiger charge is -2.21. The third-order valence-corrected chi connectivity index (χ3v) is 6.22. The molecule has 0 spiro atoms. The van der Waals surface area contributed by atoms with Crippen LogP contribution in [0.3, 0.4) is 0 Å². The van der Waals surface area contributed by atoms with E-state index in [0.29, 0.717) is 28.2 Å². The number of carbonyl (C=O) groups excluding carboxylic acids is 2. The second-order valence-electron chi connectivity index (χ2n) is 10.2. The largest absolute Gasteiger partial charge is 0.493 e. The van der Waals surface area contributed by atoms with Crippen molar-refractivity contribution in [2.45, 2.75) is 33.3 Å². The summed E-state index contributed by atoms with van der Waals surface area (Å²) in [4.78, 5) is 29.1. The summed E-state index contributed by atoms with van der Waals surface area (Å²) in [6.45, 7) is 7.09. The standard InChI is InChI=1S/C32H35FN6O4/c1-7-42-28-14-20(12-22(25(28)18-40)27(39-37-6)17-38-31(41)43-32(2,3)4)23(15-34)30(36-5)29-24(16-35)21-11-9-8-10-19(21)13-26(29)33/h8-15,18,37H,7,17,34H2,1-6H3,(H,38,41)/b23-15-,36-30?,39-27-. The number of nitrogens with two attached hydrogens (primary N) is 1. The number of carbonyl (C=O) groups is 2. The van der Waals surface area contributed by atoms with Crippen LogP contribution in [0.5, 0.6) is 5.75 Å². The van der Waals surface area contributed by atoms with Gasteiger partial charge in [-0.25, -0.2) is 9.18 Å². The minimum absolute atomic E-state index is 0.0184. The summed E-state index contributed by atoms with van der Waals surface area (Å²) in [5, 5.41) is 18.2. The van der Waals surface area contributed by atoms with Gasteiger partial charge < -0.3 is 25.9 Å². The molecule has 0 aliphatic heterocycles. The molecule has 0 heterocycles. The van der Waals surface area contributed by atoms with Gasteiger partial charge in [-0.3, -0.25) is 9.79 Å². The summed E-state index contributed by atoms with van der Waals surface area (Å²) in [7, 11) is 3.04. The van der Waals surface area contributed by atoms with Crippen molar-refractivity contribution in [3.8, 4) is 11.8 Å². The van der Waals surface area contributed by atoms with Crippen LogP contribution in [0.15, 0.2) is 58.8 Å². The molecule has 1 amide bonds. The van der Waals surface area contributed by atoms with Gasteiger partial charge in [0, 0.05) is 36.8 Å².